The van der Waals surface area contributed by atoms with Gasteiger partial charge in [0.25, 0.3) is 0 Å². The Kier molecular flexibility index (Phi) is 6.54. The van der Waals surface area contributed by atoms with Gasteiger partial charge in [-0.15, -0.1) is 0 Å². The van der Waals surface area contributed by atoms with Crippen LogP contribution in [0, 0.1) is 0 Å². The molecule has 1 amide bonds. The monoisotopic (exact) mass is 294 g/mol. The molecular formula is C14H22N4OS. The van der Waals surface area contributed by atoms with Crippen LogP contribution in [0.5, 0.6) is 0 Å². The fourth-order valence-electron chi connectivity index (χ4n) is 1.82. The molecule has 0 aliphatic heterocycles. The third-order valence-electron chi connectivity index (χ3n) is 2.75. The van der Waals surface area contributed by atoms with E-state index < -0.39 is 0 Å². The molecule has 0 aliphatic rings. The number of carbonyl (C=O) groups is 1. The molecule has 3 N–H and O–H groups in total. The Hall–Kier alpha value is -1.53. The van der Waals surface area contributed by atoms with Crippen molar-refractivity contribution in [2.24, 2.45) is 5.73 Å². The minimum absolute atomic E-state index is 0.0328. The van der Waals surface area contributed by atoms with Crippen molar-refractivity contribution in [1.29, 1.82) is 0 Å². The van der Waals surface area contributed by atoms with Gasteiger partial charge in [-0.1, -0.05) is 19.1 Å². The number of likely N-dealkylation sites (N-methyl/N-ethyl adjacent to an activating group) is 1. The molecular weight excluding hydrogens is 272 g/mol. The molecule has 0 spiro atoms. The number of carbonyl (C=O) groups excluding carboxylic acids is 1. The predicted molar refractivity (Wildman–Crippen MR) is 84.4 cm³/mol. The quantitative estimate of drug-likeness (QED) is 0.736. The molecule has 0 atom stereocenters. The number of hydrogen-bond donors (Lipinski definition) is 2. The summed E-state index contributed by atoms with van der Waals surface area (Å²) in [5.74, 6) is 0.0328. The van der Waals surface area contributed by atoms with Gasteiger partial charge in [0.2, 0.25) is 5.91 Å². The highest BCUT2D eigenvalue weighted by atomic mass is 32.1. The minimum atomic E-state index is 0.0328. The summed E-state index contributed by atoms with van der Waals surface area (Å²) in [6, 6.07) is 3.93. The molecule has 5 nitrogen and oxygen atoms in total. The zero-order valence-corrected chi connectivity index (χ0v) is 13.0. The Labute approximate surface area is 125 Å². The van der Waals surface area contributed by atoms with Crippen LogP contribution in [0.1, 0.15) is 32.0 Å². The van der Waals surface area contributed by atoms with E-state index in [9.17, 15) is 4.79 Å². The van der Waals surface area contributed by atoms with Gasteiger partial charge >= 0.3 is 0 Å². The molecule has 0 radical (unpaired) electrons. The molecule has 0 aromatic carbocycles. The zero-order valence-electron chi connectivity index (χ0n) is 12.2. The largest absolute Gasteiger partial charge is 0.388 e. The van der Waals surface area contributed by atoms with E-state index in [2.05, 4.69) is 15.2 Å². The highest BCUT2D eigenvalue weighted by Crippen LogP contribution is 2.06. The lowest BCUT2D eigenvalue weighted by Crippen LogP contribution is -2.39. The summed E-state index contributed by atoms with van der Waals surface area (Å²) in [4.78, 5) is 18.2. The van der Waals surface area contributed by atoms with Crippen LogP contribution in [0.25, 0.3) is 0 Å². The second-order valence-corrected chi connectivity index (χ2v) is 5.38. The normalized spacial score (nSPS) is 10.8. The first-order chi connectivity index (χ1) is 9.42. The van der Waals surface area contributed by atoms with Crippen molar-refractivity contribution in [3.63, 3.8) is 0 Å². The maximum atomic E-state index is 11.8. The number of nitrogens with two attached hydrogens (primary N) is 1. The van der Waals surface area contributed by atoms with Crippen LogP contribution in [0.2, 0.25) is 0 Å². The number of hydrogen-bond acceptors (Lipinski definition) is 4. The Morgan fingerprint density at radius 1 is 1.55 bits per heavy atom. The van der Waals surface area contributed by atoms with Gasteiger partial charge in [0.1, 0.15) is 4.99 Å². The van der Waals surface area contributed by atoms with Gasteiger partial charge in [-0.05, 0) is 38.1 Å². The lowest BCUT2D eigenvalue weighted by Gasteiger charge is -2.21. The van der Waals surface area contributed by atoms with Gasteiger partial charge in [0.15, 0.2) is 0 Å². The second-order valence-electron chi connectivity index (χ2n) is 4.94. The Morgan fingerprint density at radius 2 is 2.25 bits per heavy atom. The Bertz CT molecular complexity index is 476. The van der Waals surface area contributed by atoms with E-state index in [0.29, 0.717) is 18.8 Å². The third kappa shape index (κ3) is 5.63. The van der Waals surface area contributed by atoms with Crippen molar-refractivity contribution in [2.75, 3.05) is 13.1 Å². The number of pyridine rings is 1. The number of rotatable bonds is 7. The van der Waals surface area contributed by atoms with Crippen molar-refractivity contribution in [3.05, 3.63) is 29.6 Å². The Morgan fingerprint density at radius 3 is 2.80 bits per heavy atom. The molecule has 0 fully saturated rings. The number of amides is 1. The molecule has 1 aromatic heterocycles. The molecule has 20 heavy (non-hydrogen) atoms. The number of aromatic nitrogens is 1. The maximum Gasteiger partial charge on any atom is 0.234 e. The molecule has 6 heteroatoms. The molecule has 0 bridgehead atoms. The average molecular weight is 294 g/mol. The molecule has 1 heterocycles. The molecule has 1 rings (SSSR count). The standard InChI is InChI=1S/C14H22N4OS/c1-4-18(9-13(19)17-10(2)3)8-11-5-6-16-12(7-11)14(15)20/h5-7,10H,4,8-9H2,1-3H3,(H2,15,20)(H,17,19). The van der Waals surface area contributed by atoms with Crippen LogP contribution in [-0.2, 0) is 11.3 Å². The van der Waals surface area contributed by atoms with E-state index in [0.717, 1.165) is 12.1 Å². The first kappa shape index (κ1) is 16.5. The molecule has 0 saturated heterocycles. The van der Waals surface area contributed by atoms with Crippen LogP contribution < -0.4 is 11.1 Å². The average Bonchev–Trinajstić information content (AvgIpc) is 2.37. The first-order valence-electron chi connectivity index (χ1n) is 6.68. The van der Waals surface area contributed by atoms with E-state index in [-0.39, 0.29) is 16.9 Å². The highest BCUT2D eigenvalue weighted by molar-refractivity contribution is 7.80. The maximum absolute atomic E-state index is 11.8. The van der Waals surface area contributed by atoms with Gasteiger partial charge in [-0.2, -0.15) is 0 Å². The van der Waals surface area contributed by atoms with Crippen molar-refractivity contribution in [2.45, 2.75) is 33.4 Å². The van der Waals surface area contributed by atoms with E-state index >= 15 is 0 Å². The summed E-state index contributed by atoms with van der Waals surface area (Å²) >= 11 is 4.92. The lowest BCUT2D eigenvalue weighted by atomic mass is 10.2. The Balaban J connectivity index is 2.66. The number of nitrogens with zero attached hydrogens (tertiary/aromatic N) is 2. The summed E-state index contributed by atoms with van der Waals surface area (Å²) < 4.78 is 0. The SMILES string of the molecule is CCN(CC(=O)NC(C)C)Cc1ccnc(C(N)=S)c1. The zero-order chi connectivity index (χ0) is 15.1. The van der Waals surface area contributed by atoms with Crippen LogP contribution in [-0.4, -0.2) is 39.9 Å². The molecule has 0 unspecified atom stereocenters. The van der Waals surface area contributed by atoms with E-state index in [1.165, 1.54) is 0 Å². The van der Waals surface area contributed by atoms with Crippen LogP contribution in [0.15, 0.2) is 18.3 Å². The third-order valence-corrected chi connectivity index (χ3v) is 2.96. The summed E-state index contributed by atoms with van der Waals surface area (Å²) in [6.07, 6.45) is 1.69. The van der Waals surface area contributed by atoms with E-state index in [4.69, 9.17) is 18.0 Å². The van der Waals surface area contributed by atoms with Crippen molar-refractivity contribution >= 4 is 23.1 Å². The second kappa shape index (κ2) is 7.91. The van der Waals surface area contributed by atoms with Crippen molar-refractivity contribution < 1.29 is 4.79 Å². The fourth-order valence-corrected chi connectivity index (χ4v) is 1.93. The van der Waals surface area contributed by atoms with Crippen LogP contribution in [0.3, 0.4) is 0 Å². The number of nitrogens with one attached hydrogen (secondary N) is 1. The van der Waals surface area contributed by atoms with Gasteiger partial charge in [-0.3, -0.25) is 14.7 Å². The van der Waals surface area contributed by atoms with Gasteiger partial charge in [0, 0.05) is 18.8 Å². The molecule has 0 saturated carbocycles. The molecule has 110 valence electrons. The fraction of sp³-hybridized carbons (Fsp3) is 0.500. The topological polar surface area (TPSA) is 71.2 Å². The van der Waals surface area contributed by atoms with Crippen molar-refractivity contribution in [1.82, 2.24) is 15.2 Å². The smallest absolute Gasteiger partial charge is 0.234 e. The van der Waals surface area contributed by atoms with Crippen molar-refractivity contribution in [3.8, 4) is 0 Å². The lowest BCUT2D eigenvalue weighted by molar-refractivity contribution is -0.122. The molecule has 0 aliphatic carbocycles. The summed E-state index contributed by atoms with van der Waals surface area (Å²) in [6.45, 7) is 7.76. The van der Waals surface area contributed by atoms with Gasteiger partial charge < -0.3 is 11.1 Å². The van der Waals surface area contributed by atoms with Crippen LogP contribution >= 0.6 is 12.2 Å². The van der Waals surface area contributed by atoms with Gasteiger partial charge in [0.05, 0.1) is 12.2 Å². The van der Waals surface area contributed by atoms with Crippen LogP contribution in [0.4, 0.5) is 0 Å². The molecule has 1 aromatic rings. The van der Waals surface area contributed by atoms with E-state index in [1.54, 1.807) is 6.20 Å². The predicted octanol–water partition coefficient (Wildman–Crippen LogP) is 1.06. The summed E-state index contributed by atoms with van der Waals surface area (Å²) in [7, 11) is 0. The highest BCUT2D eigenvalue weighted by Gasteiger charge is 2.11. The van der Waals surface area contributed by atoms with Gasteiger partial charge in [-0.25, -0.2) is 0 Å². The summed E-state index contributed by atoms with van der Waals surface area (Å²) in [5, 5.41) is 2.89. The first-order valence-corrected chi connectivity index (χ1v) is 7.09. The minimum Gasteiger partial charge on any atom is -0.388 e. The summed E-state index contributed by atoms with van der Waals surface area (Å²) in [5.41, 5.74) is 7.23. The van der Waals surface area contributed by atoms with E-state index in [1.807, 2.05) is 32.9 Å². The number of thiocarbonyl (C=S) groups is 1.